The number of rotatable bonds is 6. The van der Waals surface area contributed by atoms with Crippen molar-refractivity contribution >= 4 is 0 Å². The summed E-state index contributed by atoms with van der Waals surface area (Å²) >= 11 is 0. The van der Waals surface area contributed by atoms with Crippen LogP contribution in [0.5, 0.6) is 5.75 Å². The molecule has 0 aliphatic carbocycles. The van der Waals surface area contributed by atoms with E-state index in [4.69, 9.17) is 4.74 Å². The molecule has 2 nitrogen and oxygen atoms in total. The van der Waals surface area contributed by atoms with Crippen molar-refractivity contribution in [2.45, 2.75) is 12.5 Å². The Morgan fingerprint density at radius 2 is 1.80 bits per heavy atom. The first kappa shape index (κ1) is 14.5. The Bertz CT molecular complexity index is 545. The molecular weight excluding hydrogens is 260 g/mol. The van der Waals surface area contributed by atoms with Crippen molar-refractivity contribution in [3.63, 3.8) is 0 Å². The van der Waals surface area contributed by atoms with Crippen LogP contribution in [0, 0.1) is 11.6 Å². The Balaban J connectivity index is 1.93. The van der Waals surface area contributed by atoms with E-state index in [0.29, 0.717) is 13.0 Å². The van der Waals surface area contributed by atoms with Gasteiger partial charge in [-0.05, 0) is 43.3 Å². The minimum absolute atomic E-state index is 0.0278. The topological polar surface area (TPSA) is 21.3 Å². The number of likely N-dealkylation sites (N-methyl/N-ethyl adjacent to an activating group) is 1. The zero-order chi connectivity index (χ0) is 14.4. The van der Waals surface area contributed by atoms with E-state index >= 15 is 0 Å². The van der Waals surface area contributed by atoms with Crippen LogP contribution in [0.25, 0.3) is 0 Å². The van der Waals surface area contributed by atoms with Crippen molar-refractivity contribution in [1.29, 1.82) is 0 Å². The number of halogens is 2. The number of ether oxygens (including phenoxy) is 1. The van der Waals surface area contributed by atoms with Gasteiger partial charge in [-0.2, -0.15) is 0 Å². The van der Waals surface area contributed by atoms with Crippen LogP contribution in [0.1, 0.15) is 5.56 Å². The molecule has 0 fully saturated rings. The van der Waals surface area contributed by atoms with Gasteiger partial charge in [-0.15, -0.1) is 0 Å². The molecule has 0 heterocycles. The summed E-state index contributed by atoms with van der Waals surface area (Å²) < 4.78 is 31.7. The Morgan fingerprint density at radius 3 is 2.45 bits per heavy atom. The first-order valence-corrected chi connectivity index (χ1v) is 6.48. The molecule has 20 heavy (non-hydrogen) atoms. The number of nitrogens with one attached hydrogen (secondary N) is 1. The molecule has 0 amide bonds. The maximum Gasteiger partial charge on any atom is 0.159 e. The van der Waals surface area contributed by atoms with Gasteiger partial charge in [0.05, 0.1) is 0 Å². The van der Waals surface area contributed by atoms with Crippen LogP contribution < -0.4 is 10.1 Å². The molecule has 2 aromatic rings. The van der Waals surface area contributed by atoms with Crippen molar-refractivity contribution in [3.05, 3.63) is 65.7 Å². The van der Waals surface area contributed by atoms with Gasteiger partial charge in [-0.25, -0.2) is 8.78 Å². The van der Waals surface area contributed by atoms with Crippen molar-refractivity contribution in [2.75, 3.05) is 13.7 Å². The molecule has 1 N–H and O–H groups in total. The zero-order valence-corrected chi connectivity index (χ0v) is 11.3. The molecule has 0 saturated carbocycles. The highest BCUT2D eigenvalue weighted by atomic mass is 19.2. The molecular formula is C16H17F2NO. The van der Waals surface area contributed by atoms with Crippen molar-refractivity contribution < 1.29 is 13.5 Å². The minimum Gasteiger partial charge on any atom is -0.492 e. The van der Waals surface area contributed by atoms with Gasteiger partial charge in [0.15, 0.2) is 11.6 Å². The van der Waals surface area contributed by atoms with E-state index in [2.05, 4.69) is 5.32 Å². The molecule has 0 bridgehead atoms. The normalized spacial score (nSPS) is 12.2. The van der Waals surface area contributed by atoms with Gasteiger partial charge < -0.3 is 10.1 Å². The van der Waals surface area contributed by atoms with Gasteiger partial charge in [0.2, 0.25) is 0 Å². The van der Waals surface area contributed by atoms with Gasteiger partial charge in [-0.1, -0.05) is 24.3 Å². The standard InChI is InChI=1S/C16H17F2NO/c1-19-13(11-20-14-5-3-2-4-6-14)9-12-7-8-15(17)16(18)10-12/h2-8,10,13,19H,9,11H2,1H3. The number of hydrogen-bond acceptors (Lipinski definition) is 2. The first-order chi connectivity index (χ1) is 9.69. The SMILES string of the molecule is CNC(COc1ccccc1)Cc1ccc(F)c(F)c1. The molecule has 0 aliphatic heterocycles. The van der Waals surface area contributed by atoms with Crippen LogP contribution in [0.2, 0.25) is 0 Å². The quantitative estimate of drug-likeness (QED) is 0.875. The third-order valence-electron chi connectivity index (χ3n) is 3.07. The molecule has 2 aromatic carbocycles. The molecule has 0 radical (unpaired) electrons. The predicted octanol–water partition coefficient (Wildman–Crippen LogP) is 3.17. The molecule has 1 atom stereocenters. The molecule has 2 rings (SSSR count). The fraction of sp³-hybridized carbons (Fsp3) is 0.250. The van der Waals surface area contributed by atoms with Crippen molar-refractivity contribution in [1.82, 2.24) is 5.32 Å². The number of para-hydroxylation sites is 1. The van der Waals surface area contributed by atoms with Crippen LogP contribution in [0.15, 0.2) is 48.5 Å². The Kier molecular flexibility index (Phi) is 5.07. The largest absolute Gasteiger partial charge is 0.492 e. The summed E-state index contributed by atoms with van der Waals surface area (Å²) in [6, 6.07) is 13.5. The molecule has 0 spiro atoms. The summed E-state index contributed by atoms with van der Waals surface area (Å²) in [4.78, 5) is 0. The summed E-state index contributed by atoms with van der Waals surface area (Å²) in [5.74, 6) is -0.852. The highest BCUT2D eigenvalue weighted by Crippen LogP contribution is 2.12. The summed E-state index contributed by atoms with van der Waals surface area (Å²) in [5.41, 5.74) is 0.736. The van der Waals surface area contributed by atoms with Crippen LogP contribution in [0.3, 0.4) is 0 Å². The first-order valence-electron chi connectivity index (χ1n) is 6.48. The van der Waals surface area contributed by atoms with Crippen LogP contribution >= 0.6 is 0 Å². The smallest absolute Gasteiger partial charge is 0.159 e. The van der Waals surface area contributed by atoms with Crippen LogP contribution in [0.4, 0.5) is 8.78 Å². The second kappa shape index (κ2) is 7.01. The predicted molar refractivity (Wildman–Crippen MR) is 74.8 cm³/mol. The van der Waals surface area contributed by atoms with Gasteiger partial charge in [0, 0.05) is 6.04 Å². The fourth-order valence-corrected chi connectivity index (χ4v) is 1.91. The molecule has 0 aliphatic rings. The summed E-state index contributed by atoms with van der Waals surface area (Å²) in [6.07, 6.45) is 0.570. The average Bonchev–Trinajstić information content (AvgIpc) is 2.48. The lowest BCUT2D eigenvalue weighted by atomic mass is 10.1. The van der Waals surface area contributed by atoms with Gasteiger partial charge in [0.1, 0.15) is 12.4 Å². The lowest BCUT2D eigenvalue weighted by molar-refractivity contribution is 0.269. The number of benzene rings is 2. The maximum absolute atomic E-state index is 13.2. The van der Waals surface area contributed by atoms with E-state index in [9.17, 15) is 8.78 Å². The van der Waals surface area contributed by atoms with Crippen LogP contribution in [-0.2, 0) is 6.42 Å². The molecule has 4 heteroatoms. The fourth-order valence-electron chi connectivity index (χ4n) is 1.91. The highest BCUT2D eigenvalue weighted by molar-refractivity contribution is 5.21. The van der Waals surface area contributed by atoms with Crippen molar-refractivity contribution in [3.8, 4) is 5.75 Å². The Morgan fingerprint density at radius 1 is 1.05 bits per heavy atom. The lowest BCUT2D eigenvalue weighted by Gasteiger charge is -2.17. The lowest BCUT2D eigenvalue weighted by Crippen LogP contribution is -2.33. The molecule has 0 saturated heterocycles. The van der Waals surface area contributed by atoms with Gasteiger partial charge in [0.25, 0.3) is 0 Å². The molecule has 0 aromatic heterocycles. The van der Waals surface area contributed by atoms with E-state index in [1.54, 1.807) is 6.07 Å². The summed E-state index contributed by atoms with van der Waals surface area (Å²) in [6.45, 7) is 0.458. The zero-order valence-electron chi connectivity index (χ0n) is 11.3. The average molecular weight is 277 g/mol. The van der Waals surface area contributed by atoms with E-state index in [0.717, 1.165) is 17.4 Å². The number of hydrogen-bond donors (Lipinski definition) is 1. The van der Waals surface area contributed by atoms with E-state index in [1.165, 1.54) is 6.07 Å². The van der Waals surface area contributed by atoms with E-state index < -0.39 is 11.6 Å². The third kappa shape index (κ3) is 4.03. The van der Waals surface area contributed by atoms with Gasteiger partial charge >= 0.3 is 0 Å². The van der Waals surface area contributed by atoms with Crippen molar-refractivity contribution in [2.24, 2.45) is 0 Å². The molecule has 1 unspecified atom stereocenters. The van der Waals surface area contributed by atoms with E-state index in [-0.39, 0.29) is 6.04 Å². The second-order valence-electron chi connectivity index (χ2n) is 4.56. The maximum atomic E-state index is 13.2. The summed E-state index contributed by atoms with van der Waals surface area (Å²) in [5, 5.41) is 3.11. The van der Waals surface area contributed by atoms with Crippen LogP contribution in [-0.4, -0.2) is 19.7 Å². The Hall–Kier alpha value is -1.94. The van der Waals surface area contributed by atoms with Gasteiger partial charge in [-0.3, -0.25) is 0 Å². The Labute approximate surface area is 117 Å². The third-order valence-corrected chi connectivity index (χ3v) is 3.07. The molecule has 106 valence electrons. The minimum atomic E-state index is -0.824. The van der Waals surface area contributed by atoms with E-state index in [1.807, 2.05) is 37.4 Å². The second-order valence-corrected chi connectivity index (χ2v) is 4.56. The summed E-state index contributed by atoms with van der Waals surface area (Å²) in [7, 11) is 1.82. The monoisotopic (exact) mass is 277 g/mol. The highest BCUT2D eigenvalue weighted by Gasteiger charge is 2.10.